The summed E-state index contributed by atoms with van der Waals surface area (Å²) < 4.78 is 15.2. The second-order valence-corrected chi connectivity index (χ2v) is 18.4. The molecule has 340 valence electrons. The first kappa shape index (κ1) is 51.2. The Kier molecular flexibility index (Phi) is 20.9. The van der Waals surface area contributed by atoms with Crippen molar-refractivity contribution in [2.24, 2.45) is 0 Å². The molecule has 0 saturated heterocycles. The average Bonchev–Trinajstić information content (AvgIpc) is 3.92. The first-order valence-electron chi connectivity index (χ1n) is 22.0. The van der Waals surface area contributed by atoms with Crippen LogP contribution < -0.4 is 14.2 Å². The molecule has 2 aliphatic carbocycles. The molecular formula is C60H64O3S3. The maximum absolute atomic E-state index is 5.28. The van der Waals surface area contributed by atoms with E-state index in [1.165, 1.54) is 81.4 Å². The van der Waals surface area contributed by atoms with Crippen LogP contribution >= 0.6 is 35.3 Å². The minimum atomic E-state index is 0.910. The summed E-state index contributed by atoms with van der Waals surface area (Å²) in [5, 5.41) is 0. The molecule has 0 heterocycles. The van der Waals surface area contributed by atoms with Gasteiger partial charge in [0.25, 0.3) is 0 Å². The van der Waals surface area contributed by atoms with E-state index >= 15 is 0 Å². The average molecular weight is 929 g/mol. The molecule has 8 aromatic rings. The van der Waals surface area contributed by atoms with E-state index in [2.05, 4.69) is 150 Å². The molecule has 2 aliphatic rings. The molecule has 0 radical (unpaired) electrons. The third-order valence-electron chi connectivity index (χ3n) is 11.0. The summed E-state index contributed by atoms with van der Waals surface area (Å²) in [6, 6.07) is 63.1. The number of hydrogen-bond donors (Lipinski definition) is 0. The highest BCUT2D eigenvalue weighted by molar-refractivity contribution is 7.99. The van der Waals surface area contributed by atoms with Crippen LogP contribution in [0.25, 0.3) is 22.3 Å². The Bertz CT molecular complexity index is 2490. The Morgan fingerprint density at radius 2 is 0.636 bits per heavy atom. The molecule has 3 nitrogen and oxygen atoms in total. The molecule has 0 unspecified atom stereocenters. The van der Waals surface area contributed by atoms with Crippen LogP contribution in [0.4, 0.5) is 0 Å². The van der Waals surface area contributed by atoms with Crippen LogP contribution in [0.15, 0.2) is 197 Å². The van der Waals surface area contributed by atoms with Crippen molar-refractivity contribution in [3.63, 3.8) is 0 Å². The summed E-state index contributed by atoms with van der Waals surface area (Å²) in [4.78, 5) is 4.02. The van der Waals surface area contributed by atoms with Gasteiger partial charge in [0.15, 0.2) is 0 Å². The zero-order valence-electron chi connectivity index (χ0n) is 40.2. The van der Waals surface area contributed by atoms with Crippen molar-refractivity contribution in [1.82, 2.24) is 0 Å². The summed E-state index contributed by atoms with van der Waals surface area (Å²) >= 11 is 5.36. The Labute approximate surface area is 408 Å². The number of para-hydroxylation sites is 1. The fraction of sp³-hybridized carbons (Fsp3) is 0.200. The number of ether oxygens (including phenoxy) is 3. The third kappa shape index (κ3) is 15.7. The molecule has 0 saturated carbocycles. The Hall–Kier alpha value is -5.79. The van der Waals surface area contributed by atoms with Gasteiger partial charge in [-0.25, -0.2) is 0 Å². The number of methoxy groups -OCH3 is 3. The zero-order valence-corrected chi connectivity index (χ0v) is 42.6. The first-order chi connectivity index (χ1) is 32.1. The minimum Gasteiger partial charge on any atom is -0.497 e. The molecule has 0 aromatic heterocycles. The van der Waals surface area contributed by atoms with Crippen molar-refractivity contribution in [3.05, 3.63) is 226 Å². The van der Waals surface area contributed by atoms with Crippen LogP contribution in [0.2, 0.25) is 0 Å². The predicted octanol–water partition coefficient (Wildman–Crippen LogP) is 16.7. The minimum absolute atomic E-state index is 0.910. The standard InChI is InChI=1S/C15H14O.C15H14S.C8H10O.C8H10S.C7H8O.C7H8S/c2*1-10-3-4-11-8-12-5-6-13(16-2)9-15(12)14(11)7-10;2*1-7-3-5-8(9-2)6-4-7;2*1-8-7-5-3-2-4-6-7/h2*3-7,9H,8H2,1-2H3;2*3-6H,1-2H3;2*2-6H,1H3. The number of aryl methyl sites for hydroxylation is 4. The lowest BCUT2D eigenvalue weighted by atomic mass is 10.0. The van der Waals surface area contributed by atoms with E-state index in [-0.39, 0.29) is 0 Å². The van der Waals surface area contributed by atoms with Gasteiger partial charge >= 0.3 is 0 Å². The van der Waals surface area contributed by atoms with Gasteiger partial charge in [-0.2, -0.15) is 0 Å². The molecule has 66 heavy (non-hydrogen) atoms. The number of fused-ring (bicyclic) bond motifs is 6. The Morgan fingerprint density at radius 1 is 0.303 bits per heavy atom. The smallest absolute Gasteiger partial charge is 0.119 e. The van der Waals surface area contributed by atoms with Crippen LogP contribution in [0.3, 0.4) is 0 Å². The van der Waals surface area contributed by atoms with Crippen molar-refractivity contribution >= 4 is 35.3 Å². The number of thioether (sulfide) groups is 3. The van der Waals surface area contributed by atoms with Crippen LogP contribution in [0.5, 0.6) is 17.2 Å². The van der Waals surface area contributed by atoms with Gasteiger partial charge in [0.05, 0.1) is 21.3 Å². The molecule has 0 aliphatic heterocycles. The van der Waals surface area contributed by atoms with E-state index in [9.17, 15) is 0 Å². The molecule has 0 amide bonds. The molecule has 8 aromatic carbocycles. The van der Waals surface area contributed by atoms with Crippen LogP contribution in [0, 0.1) is 27.7 Å². The normalized spacial score (nSPS) is 10.6. The molecular weight excluding hydrogens is 865 g/mol. The highest BCUT2D eigenvalue weighted by Crippen LogP contribution is 2.40. The number of hydrogen-bond acceptors (Lipinski definition) is 6. The molecule has 6 heteroatoms. The van der Waals surface area contributed by atoms with E-state index in [0.717, 1.165) is 30.1 Å². The maximum Gasteiger partial charge on any atom is 0.119 e. The topological polar surface area (TPSA) is 27.7 Å². The third-order valence-corrected chi connectivity index (χ3v) is 13.2. The van der Waals surface area contributed by atoms with Gasteiger partial charge in [-0.1, -0.05) is 131 Å². The van der Waals surface area contributed by atoms with Gasteiger partial charge in [0, 0.05) is 14.7 Å². The largest absolute Gasteiger partial charge is 0.497 e. The summed E-state index contributed by atoms with van der Waals surface area (Å²) in [7, 11) is 5.05. The van der Waals surface area contributed by atoms with Crippen LogP contribution in [-0.2, 0) is 12.8 Å². The molecule has 0 atom stereocenters. The quantitative estimate of drug-likeness (QED) is 0.154. The summed E-state index contributed by atoms with van der Waals surface area (Å²) in [5.41, 5.74) is 16.6. The fourth-order valence-corrected chi connectivity index (χ4v) is 8.51. The van der Waals surface area contributed by atoms with Gasteiger partial charge in [0.1, 0.15) is 17.2 Å². The molecule has 0 bridgehead atoms. The van der Waals surface area contributed by atoms with Gasteiger partial charge in [-0.3, -0.25) is 0 Å². The Balaban J connectivity index is 0.000000153. The molecule has 10 rings (SSSR count). The summed E-state index contributed by atoms with van der Waals surface area (Å²) in [6.45, 7) is 8.46. The van der Waals surface area contributed by atoms with E-state index < -0.39 is 0 Å². The van der Waals surface area contributed by atoms with Crippen molar-refractivity contribution < 1.29 is 14.2 Å². The van der Waals surface area contributed by atoms with Gasteiger partial charge in [-0.15, -0.1) is 35.3 Å². The van der Waals surface area contributed by atoms with Gasteiger partial charge < -0.3 is 14.2 Å². The predicted molar refractivity (Wildman–Crippen MR) is 289 cm³/mol. The van der Waals surface area contributed by atoms with Crippen molar-refractivity contribution in [2.45, 2.75) is 55.2 Å². The lowest BCUT2D eigenvalue weighted by Gasteiger charge is -2.05. The van der Waals surface area contributed by atoms with Crippen molar-refractivity contribution in [2.75, 3.05) is 40.1 Å². The van der Waals surface area contributed by atoms with Gasteiger partial charge in [0.2, 0.25) is 0 Å². The van der Waals surface area contributed by atoms with Crippen molar-refractivity contribution in [1.29, 1.82) is 0 Å². The Morgan fingerprint density at radius 3 is 1.08 bits per heavy atom. The first-order valence-corrected chi connectivity index (χ1v) is 25.7. The lowest BCUT2D eigenvalue weighted by Crippen LogP contribution is -1.84. The highest BCUT2D eigenvalue weighted by atomic mass is 32.2. The molecule has 0 N–H and O–H groups in total. The lowest BCUT2D eigenvalue weighted by molar-refractivity contribution is 0.414. The molecule has 0 fully saturated rings. The number of rotatable bonds is 6. The monoisotopic (exact) mass is 928 g/mol. The fourth-order valence-electron chi connectivity index (χ4n) is 7.24. The molecule has 0 spiro atoms. The second-order valence-electron chi connectivity index (χ2n) is 15.8. The second kappa shape index (κ2) is 27.0. The SMILES string of the molecule is COc1ccc(C)cc1.COc1ccc2c(c1)-c1cc(C)ccc1C2.COc1ccccc1.CSc1ccc(C)cc1.CSc1ccc2c(c1)-c1cc(C)ccc1C2.CSc1ccccc1. The maximum atomic E-state index is 5.28. The van der Waals surface area contributed by atoms with E-state index in [1.54, 1.807) is 44.9 Å². The van der Waals surface area contributed by atoms with Gasteiger partial charge in [-0.05, 0) is 177 Å². The summed E-state index contributed by atoms with van der Waals surface area (Å²) in [6.07, 6.45) is 8.45. The van der Waals surface area contributed by atoms with E-state index in [0.29, 0.717) is 0 Å². The van der Waals surface area contributed by atoms with Crippen LogP contribution in [-0.4, -0.2) is 40.1 Å². The van der Waals surface area contributed by atoms with Crippen molar-refractivity contribution in [3.8, 4) is 39.5 Å². The summed E-state index contributed by atoms with van der Waals surface area (Å²) in [5.74, 6) is 2.77. The van der Waals surface area contributed by atoms with E-state index in [1.807, 2.05) is 90.6 Å². The number of benzene rings is 8. The van der Waals surface area contributed by atoms with E-state index in [4.69, 9.17) is 14.2 Å². The highest BCUT2D eigenvalue weighted by Gasteiger charge is 2.19. The zero-order chi connectivity index (χ0) is 47.3. The van der Waals surface area contributed by atoms with Crippen LogP contribution in [0.1, 0.15) is 44.5 Å².